The van der Waals surface area contributed by atoms with Crippen molar-refractivity contribution in [1.29, 1.82) is 5.26 Å². The van der Waals surface area contributed by atoms with Crippen molar-refractivity contribution in [3.63, 3.8) is 0 Å². The predicted octanol–water partition coefficient (Wildman–Crippen LogP) is 2.82. The summed E-state index contributed by atoms with van der Waals surface area (Å²) >= 11 is 0. The Morgan fingerprint density at radius 2 is 2.04 bits per heavy atom. The number of nitriles is 1. The van der Waals surface area contributed by atoms with Gasteiger partial charge in [0.15, 0.2) is 0 Å². The molecule has 1 unspecified atom stereocenters. The smallest absolute Gasteiger partial charge is 0.293 e. The number of nitro groups is 1. The average molecular weight is 354 g/mol. The molecule has 1 amide bonds. The Labute approximate surface area is 148 Å². The number of nitrogens with zero attached hydrogens (tertiary/aromatic N) is 3. The molecule has 2 aromatic rings. The summed E-state index contributed by atoms with van der Waals surface area (Å²) < 4.78 is 13.0. The van der Waals surface area contributed by atoms with E-state index in [0.717, 1.165) is 5.56 Å². The molecule has 1 N–H and O–H groups in total. The van der Waals surface area contributed by atoms with E-state index in [0.29, 0.717) is 19.5 Å². The number of nitro benzene ring substituents is 1. The van der Waals surface area contributed by atoms with Crippen molar-refractivity contribution in [1.82, 2.24) is 4.90 Å². The topological polar surface area (TPSA) is 99.3 Å². The minimum atomic E-state index is -0.584. The van der Waals surface area contributed by atoms with Gasteiger partial charge in [-0.1, -0.05) is 12.1 Å². The van der Waals surface area contributed by atoms with Crippen LogP contribution in [0.2, 0.25) is 0 Å². The fraction of sp³-hybridized carbons (Fsp3) is 0.222. The normalized spacial score (nSPS) is 16.4. The van der Waals surface area contributed by atoms with E-state index < -0.39 is 11.0 Å². The highest BCUT2D eigenvalue weighted by Gasteiger charge is 2.32. The van der Waals surface area contributed by atoms with Crippen molar-refractivity contribution >= 4 is 17.3 Å². The fourth-order valence-electron chi connectivity index (χ4n) is 2.90. The van der Waals surface area contributed by atoms with Gasteiger partial charge in [-0.25, -0.2) is 4.39 Å². The number of rotatable bonds is 5. The van der Waals surface area contributed by atoms with Crippen LogP contribution in [0.25, 0.3) is 0 Å². The Balaban J connectivity index is 1.72. The molecular weight excluding hydrogens is 339 g/mol. The summed E-state index contributed by atoms with van der Waals surface area (Å²) in [6.07, 6.45) is 0.497. The third kappa shape index (κ3) is 3.62. The zero-order valence-corrected chi connectivity index (χ0v) is 13.7. The predicted molar refractivity (Wildman–Crippen MR) is 91.7 cm³/mol. The van der Waals surface area contributed by atoms with E-state index in [1.54, 1.807) is 17.0 Å². The molecule has 1 saturated heterocycles. The number of hydrogen-bond acceptors (Lipinski definition) is 5. The van der Waals surface area contributed by atoms with Gasteiger partial charge >= 0.3 is 0 Å². The average Bonchev–Trinajstić information content (AvgIpc) is 2.97. The van der Waals surface area contributed by atoms with E-state index in [-0.39, 0.29) is 28.7 Å². The van der Waals surface area contributed by atoms with Gasteiger partial charge in [0.2, 0.25) is 5.91 Å². The van der Waals surface area contributed by atoms with Gasteiger partial charge in [0, 0.05) is 19.2 Å². The van der Waals surface area contributed by atoms with Crippen molar-refractivity contribution in [2.24, 2.45) is 0 Å². The SMILES string of the molecule is N#Cc1ccc(NC2CCN(Cc3ccc(F)cc3)C2=O)c([N+](=O)[O-])c1. The van der Waals surface area contributed by atoms with Crippen LogP contribution in [-0.2, 0) is 11.3 Å². The molecule has 0 radical (unpaired) electrons. The number of nitrogens with one attached hydrogen (secondary N) is 1. The van der Waals surface area contributed by atoms with Gasteiger partial charge in [0.1, 0.15) is 17.5 Å². The number of hydrogen-bond donors (Lipinski definition) is 1. The summed E-state index contributed by atoms with van der Waals surface area (Å²) in [6, 6.07) is 11.3. The minimum absolute atomic E-state index is 0.173. The zero-order chi connectivity index (χ0) is 18.7. The molecule has 1 aliphatic rings. The Bertz CT molecular complexity index is 892. The first kappa shape index (κ1) is 17.4. The highest BCUT2D eigenvalue weighted by Crippen LogP contribution is 2.28. The van der Waals surface area contributed by atoms with E-state index in [1.165, 1.54) is 30.3 Å². The van der Waals surface area contributed by atoms with E-state index in [1.807, 2.05) is 6.07 Å². The summed E-state index contributed by atoms with van der Waals surface area (Å²) in [7, 11) is 0. The number of likely N-dealkylation sites (tertiary alicyclic amines) is 1. The second kappa shape index (κ2) is 7.19. The maximum absolute atomic E-state index is 13.0. The van der Waals surface area contributed by atoms with E-state index in [4.69, 9.17) is 5.26 Å². The summed E-state index contributed by atoms with van der Waals surface area (Å²) in [6.45, 7) is 0.852. The summed E-state index contributed by atoms with van der Waals surface area (Å²) in [5.41, 5.74) is 0.951. The van der Waals surface area contributed by atoms with Crippen LogP contribution in [-0.4, -0.2) is 28.3 Å². The largest absolute Gasteiger partial charge is 0.368 e. The Hall–Kier alpha value is -3.47. The van der Waals surface area contributed by atoms with Crippen LogP contribution in [0.1, 0.15) is 17.5 Å². The van der Waals surface area contributed by atoms with Crippen molar-refractivity contribution in [3.8, 4) is 6.07 Å². The molecule has 8 heteroatoms. The molecule has 26 heavy (non-hydrogen) atoms. The Kier molecular flexibility index (Phi) is 4.80. The Morgan fingerprint density at radius 3 is 2.69 bits per heavy atom. The van der Waals surface area contributed by atoms with Crippen LogP contribution in [0.3, 0.4) is 0 Å². The van der Waals surface area contributed by atoms with Crippen LogP contribution in [0.4, 0.5) is 15.8 Å². The maximum Gasteiger partial charge on any atom is 0.293 e. The zero-order valence-electron chi connectivity index (χ0n) is 13.7. The van der Waals surface area contributed by atoms with Crippen LogP contribution >= 0.6 is 0 Å². The van der Waals surface area contributed by atoms with Crippen molar-refractivity contribution in [3.05, 3.63) is 69.5 Å². The van der Waals surface area contributed by atoms with Crippen LogP contribution < -0.4 is 5.32 Å². The fourth-order valence-corrected chi connectivity index (χ4v) is 2.90. The van der Waals surface area contributed by atoms with Gasteiger partial charge in [-0.15, -0.1) is 0 Å². The van der Waals surface area contributed by atoms with Crippen molar-refractivity contribution < 1.29 is 14.1 Å². The van der Waals surface area contributed by atoms with Crippen molar-refractivity contribution in [2.75, 3.05) is 11.9 Å². The van der Waals surface area contributed by atoms with Gasteiger partial charge in [0.05, 0.1) is 16.6 Å². The third-order valence-electron chi connectivity index (χ3n) is 4.24. The van der Waals surface area contributed by atoms with Gasteiger partial charge in [-0.3, -0.25) is 14.9 Å². The van der Waals surface area contributed by atoms with Crippen LogP contribution in [0.15, 0.2) is 42.5 Å². The Morgan fingerprint density at radius 1 is 1.31 bits per heavy atom. The van der Waals surface area contributed by atoms with Crippen LogP contribution in [0.5, 0.6) is 0 Å². The third-order valence-corrected chi connectivity index (χ3v) is 4.24. The molecule has 3 rings (SSSR count). The molecule has 0 saturated carbocycles. The molecule has 0 aliphatic carbocycles. The van der Waals surface area contributed by atoms with E-state index in [9.17, 15) is 19.3 Å². The molecule has 2 aromatic carbocycles. The second-order valence-corrected chi connectivity index (χ2v) is 5.97. The second-order valence-electron chi connectivity index (χ2n) is 5.97. The van der Waals surface area contributed by atoms with Gasteiger partial charge in [-0.2, -0.15) is 5.26 Å². The lowest BCUT2D eigenvalue weighted by Crippen LogP contribution is -2.33. The molecule has 1 fully saturated rings. The lowest BCUT2D eigenvalue weighted by molar-refractivity contribution is -0.384. The van der Waals surface area contributed by atoms with Crippen LogP contribution in [0, 0.1) is 27.3 Å². The molecule has 1 aliphatic heterocycles. The molecule has 132 valence electrons. The summed E-state index contributed by atoms with van der Waals surface area (Å²) in [5, 5.41) is 23.0. The summed E-state index contributed by atoms with van der Waals surface area (Å²) in [5.74, 6) is -0.512. The highest BCUT2D eigenvalue weighted by atomic mass is 19.1. The first-order valence-electron chi connectivity index (χ1n) is 7.96. The molecule has 7 nitrogen and oxygen atoms in total. The quantitative estimate of drug-likeness (QED) is 0.657. The van der Waals surface area contributed by atoms with Gasteiger partial charge < -0.3 is 10.2 Å². The lowest BCUT2D eigenvalue weighted by Gasteiger charge is -2.18. The summed E-state index contributed by atoms with van der Waals surface area (Å²) in [4.78, 5) is 24.8. The van der Waals surface area contributed by atoms with E-state index >= 15 is 0 Å². The maximum atomic E-state index is 13.0. The lowest BCUT2D eigenvalue weighted by atomic mass is 10.1. The molecular formula is C18H15FN4O3. The van der Waals surface area contributed by atoms with Gasteiger partial charge in [0.25, 0.3) is 5.69 Å². The molecule has 1 heterocycles. The monoisotopic (exact) mass is 354 g/mol. The van der Waals surface area contributed by atoms with Crippen molar-refractivity contribution in [2.45, 2.75) is 19.0 Å². The number of benzene rings is 2. The molecule has 1 atom stereocenters. The number of halogens is 1. The number of amides is 1. The van der Waals surface area contributed by atoms with Gasteiger partial charge in [-0.05, 0) is 36.2 Å². The number of carbonyl (C=O) groups excluding carboxylic acids is 1. The number of anilines is 1. The molecule has 0 bridgehead atoms. The molecule has 0 aromatic heterocycles. The van der Waals surface area contributed by atoms with E-state index in [2.05, 4.69) is 5.32 Å². The molecule has 0 spiro atoms. The minimum Gasteiger partial charge on any atom is -0.368 e. The highest BCUT2D eigenvalue weighted by molar-refractivity contribution is 5.87. The standard InChI is InChI=1S/C18H15FN4O3/c19-14-4-1-12(2-5-14)11-22-8-7-16(18(22)24)21-15-6-3-13(10-20)9-17(15)23(25)26/h1-6,9,16,21H,7-8,11H2. The first-order chi connectivity index (χ1) is 12.5. The first-order valence-corrected chi connectivity index (χ1v) is 7.96. The number of carbonyl (C=O) groups is 1.